The van der Waals surface area contributed by atoms with Crippen molar-refractivity contribution in [2.45, 2.75) is 6.92 Å². The highest BCUT2D eigenvalue weighted by Gasteiger charge is 2.29. The fraction of sp³-hybridized carbons (Fsp3) is 0.111. The third kappa shape index (κ3) is 2.29. The van der Waals surface area contributed by atoms with Crippen LogP contribution < -0.4 is 10.1 Å². The molecule has 0 amide bonds. The fourth-order valence-electron chi connectivity index (χ4n) is 2.47. The Kier molecular flexibility index (Phi) is 3.51. The van der Waals surface area contributed by atoms with Gasteiger partial charge in [-0.1, -0.05) is 24.3 Å². The molecule has 0 saturated heterocycles. The highest BCUT2D eigenvalue weighted by Crippen LogP contribution is 2.27. The second kappa shape index (κ2) is 5.48. The van der Waals surface area contributed by atoms with Crippen LogP contribution in [0.15, 0.2) is 59.8 Å². The van der Waals surface area contributed by atoms with E-state index in [0.29, 0.717) is 22.4 Å². The number of ether oxygens (including phenoxy) is 1. The number of anilines is 1. The molecule has 2 aromatic carbocycles. The second-order valence-electron chi connectivity index (χ2n) is 5.06. The predicted octanol–water partition coefficient (Wildman–Crippen LogP) is 3.46. The first-order chi connectivity index (χ1) is 10.6. The van der Waals surface area contributed by atoms with Crippen molar-refractivity contribution in [3.05, 3.63) is 70.9 Å². The van der Waals surface area contributed by atoms with Crippen molar-refractivity contribution in [1.82, 2.24) is 0 Å². The van der Waals surface area contributed by atoms with Crippen LogP contribution in [0.1, 0.15) is 27.6 Å². The molecule has 0 heterocycles. The van der Waals surface area contributed by atoms with Crippen LogP contribution >= 0.6 is 0 Å². The Morgan fingerprint density at radius 3 is 2.05 bits per heavy atom. The van der Waals surface area contributed by atoms with Crippen molar-refractivity contribution in [3.63, 3.8) is 0 Å². The number of nitrogens with one attached hydrogen (secondary N) is 1. The van der Waals surface area contributed by atoms with Crippen molar-refractivity contribution in [1.29, 1.82) is 0 Å². The molecule has 0 aromatic heterocycles. The molecule has 2 aromatic rings. The summed E-state index contributed by atoms with van der Waals surface area (Å²) in [6.45, 7) is 1.67. The van der Waals surface area contributed by atoms with Gasteiger partial charge in [0.25, 0.3) is 0 Å². The Balaban J connectivity index is 1.97. The molecule has 0 spiro atoms. The number of benzene rings is 2. The lowest BCUT2D eigenvalue weighted by Gasteiger charge is -2.20. The van der Waals surface area contributed by atoms with E-state index in [1.807, 2.05) is 0 Å². The maximum absolute atomic E-state index is 12.6. The number of allylic oxidation sites excluding steroid dienone is 2. The van der Waals surface area contributed by atoms with E-state index in [1.54, 1.807) is 62.6 Å². The predicted molar refractivity (Wildman–Crippen MR) is 84.4 cm³/mol. The molecule has 110 valence electrons. The Bertz CT molecular complexity index is 788. The molecule has 1 N–H and O–H groups in total. The first kappa shape index (κ1) is 14.1. The van der Waals surface area contributed by atoms with Crippen LogP contribution in [0.4, 0.5) is 5.69 Å². The molecular weight excluding hydrogens is 278 g/mol. The molecule has 3 rings (SSSR count). The van der Waals surface area contributed by atoms with E-state index in [2.05, 4.69) is 5.32 Å². The van der Waals surface area contributed by atoms with E-state index in [-0.39, 0.29) is 11.6 Å². The normalized spacial score (nSPS) is 13.9. The van der Waals surface area contributed by atoms with Gasteiger partial charge in [0.05, 0.1) is 12.8 Å². The number of methoxy groups -OCH3 is 1. The van der Waals surface area contributed by atoms with Gasteiger partial charge in [-0.15, -0.1) is 0 Å². The molecule has 4 nitrogen and oxygen atoms in total. The third-order valence-corrected chi connectivity index (χ3v) is 3.72. The summed E-state index contributed by atoms with van der Waals surface area (Å²) in [5.41, 5.74) is 2.39. The van der Waals surface area contributed by atoms with Crippen LogP contribution in [0.25, 0.3) is 0 Å². The summed E-state index contributed by atoms with van der Waals surface area (Å²) in [6, 6.07) is 14.1. The fourth-order valence-corrected chi connectivity index (χ4v) is 2.47. The SMILES string of the molecule is COc1ccc(NC2=C(C)C(=O)c3ccccc3C2=O)cc1. The lowest BCUT2D eigenvalue weighted by atomic mass is 9.88. The smallest absolute Gasteiger partial charge is 0.210 e. The minimum atomic E-state index is -0.163. The van der Waals surface area contributed by atoms with E-state index in [0.717, 1.165) is 11.4 Å². The Labute approximate surface area is 128 Å². The lowest BCUT2D eigenvalue weighted by Crippen LogP contribution is -2.24. The number of hydrogen-bond acceptors (Lipinski definition) is 4. The molecule has 0 saturated carbocycles. The summed E-state index contributed by atoms with van der Waals surface area (Å²) < 4.78 is 5.10. The second-order valence-corrected chi connectivity index (χ2v) is 5.06. The summed E-state index contributed by atoms with van der Waals surface area (Å²) in [5, 5.41) is 3.06. The molecule has 0 radical (unpaired) electrons. The number of fused-ring (bicyclic) bond motifs is 1. The van der Waals surface area contributed by atoms with Crippen LogP contribution in [-0.2, 0) is 0 Å². The van der Waals surface area contributed by atoms with Crippen LogP contribution in [0.3, 0.4) is 0 Å². The number of Topliss-reactive ketones (excluding diaryl/α,β-unsaturated/α-hetero) is 2. The minimum absolute atomic E-state index is 0.119. The van der Waals surface area contributed by atoms with Crippen molar-refractivity contribution in [2.75, 3.05) is 12.4 Å². The van der Waals surface area contributed by atoms with Crippen molar-refractivity contribution in [2.24, 2.45) is 0 Å². The van der Waals surface area contributed by atoms with Gasteiger partial charge in [-0.25, -0.2) is 0 Å². The van der Waals surface area contributed by atoms with E-state index in [4.69, 9.17) is 4.74 Å². The molecule has 0 fully saturated rings. The zero-order valence-corrected chi connectivity index (χ0v) is 12.3. The van der Waals surface area contributed by atoms with Gasteiger partial charge < -0.3 is 10.1 Å². The van der Waals surface area contributed by atoms with Crippen molar-refractivity contribution in [3.8, 4) is 5.75 Å². The van der Waals surface area contributed by atoms with Gasteiger partial charge in [-0.3, -0.25) is 9.59 Å². The topological polar surface area (TPSA) is 55.4 Å². The average molecular weight is 293 g/mol. The maximum atomic E-state index is 12.6. The number of rotatable bonds is 3. The third-order valence-electron chi connectivity index (χ3n) is 3.72. The van der Waals surface area contributed by atoms with Crippen LogP contribution in [0, 0.1) is 0 Å². The summed E-state index contributed by atoms with van der Waals surface area (Å²) >= 11 is 0. The van der Waals surface area contributed by atoms with Gasteiger partial charge in [0, 0.05) is 22.4 Å². The van der Waals surface area contributed by atoms with E-state index in [9.17, 15) is 9.59 Å². The molecule has 1 aliphatic carbocycles. The maximum Gasteiger partial charge on any atom is 0.210 e. The summed E-state index contributed by atoms with van der Waals surface area (Å²) in [6.07, 6.45) is 0. The Morgan fingerprint density at radius 1 is 0.864 bits per heavy atom. The van der Waals surface area contributed by atoms with E-state index in [1.165, 1.54) is 0 Å². The van der Waals surface area contributed by atoms with Crippen molar-refractivity contribution < 1.29 is 14.3 Å². The van der Waals surface area contributed by atoms with Gasteiger partial charge in [0.1, 0.15) is 5.75 Å². The van der Waals surface area contributed by atoms with E-state index < -0.39 is 0 Å². The van der Waals surface area contributed by atoms with Crippen LogP contribution in [0.2, 0.25) is 0 Å². The van der Waals surface area contributed by atoms with Crippen molar-refractivity contribution >= 4 is 17.3 Å². The summed E-state index contributed by atoms with van der Waals surface area (Å²) in [7, 11) is 1.59. The van der Waals surface area contributed by atoms with Gasteiger partial charge in [-0.2, -0.15) is 0 Å². The Hall–Kier alpha value is -2.88. The first-order valence-electron chi connectivity index (χ1n) is 6.92. The molecule has 0 unspecified atom stereocenters. The van der Waals surface area contributed by atoms with Gasteiger partial charge in [0.2, 0.25) is 5.78 Å². The largest absolute Gasteiger partial charge is 0.497 e. The standard InChI is InChI=1S/C18H15NO3/c1-11-16(19-12-7-9-13(22-2)10-8-12)18(21)15-6-4-3-5-14(15)17(11)20/h3-10,19H,1-2H3. The quantitative estimate of drug-likeness (QED) is 0.941. The summed E-state index contributed by atoms with van der Waals surface area (Å²) in [5.74, 6) is 0.447. The number of hydrogen-bond donors (Lipinski definition) is 1. The number of carbonyl (C=O) groups is 2. The van der Waals surface area contributed by atoms with Crippen LogP contribution in [-0.4, -0.2) is 18.7 Å². The first-order valence-corrected chi connectivity index (χ1v) is 6.92. The van der Waals surface area contributed by atoms with Crippen LogP contribution in [0.5, 0.6) is 5.75 Å². The molecule has 4 heteroatoms. The molecule has 22 heavy (non-hydrogen) atoms. The molecular formula is C18H15NO3. The molecule has 0 bridgehead atoms. The molecule has 0 atom stereocenters. The zero-order chi connectivity index (χ0) is 15.7. The van der Waals surface area contributed by atoms with Gasteiger partial charge in [0.15, 0.2) is 5.78 Å². The number of carbonyl (C=O) groups excluding carboxylic acids is 2. The molecule has 0 aliphatic heterocycles. The zero-order valence-electron chi connectivity index (χ0n) is 12.3. The minimum Gasteiger partial charge on any atom is -0.497 e. The van der Waals surface area contributed by atoms with Gasteiger partial charge >= 0.3 is 0 Å². The average Bonchev–Trinajstić information content (AvgIpc) is 2.57. The highest BCUT2D eigenvalue weighted by atomic mass is 16.5. The number of ketones is 2. The van der Waals surface area contributed by atoms with E-state index >= 15 is 0 Å². The highest BCUT2D eigenvalue weighted by molar-refractivity contribution is 6.27. The van der Waals surface area contributed by atoms with Gasteiger partial charge in [-0.05, 0) is 31.2 Å². The summed E-state index contributed by atoms with van der Waals surface area (Å²) in [4.78, 5) is 25.0. The Morgan fingerprint density at radius 2 is 1.45 bits per heavy atom. The lowest BCUT2D eigenvalue weighted by molar-refractivity contribution is 0.0976. The molecule has 1 aliphatic rings. The monoisotopic (exact) mass is 293 g/mol.